The fourth-order valence-corrected chi connectivity index (χ4v) is 3.65. The molecule has 28 heavy (non-hydrogen) atoms. The van der Waals surface area contributed by atoms with Crippen LogP contribution in [0.3, 0.4) is 0 Å². The first-order valence-electron chi connectivity index (χ1n) is 8.54. The molecule has 0 aliphatic heterocycles. The molecule has 1 amide bonds. The maximum absolute atomic E-state index is 12.3. The van der Waals surface area contributed by atoms with Crippen molar-refractivity contribution in [3.63, 3.8) is 0 Å². The molecule has 0 aliphatic carbocycles. The molecule has 0 aliphatic rings. The lowest BCUT2D eigenvalue weighted by molar-refractivity contribution is -0.111. The minimum Gasteiger partial charge on any atom is -0.322 e. The fraction of sp³-hybridized carbons (Fsp3) is 0.100. The van der Waals surface area contributed by atoms with Crippen LogP contribution in [0.25, 0.3) is 21.6 Å². The average molecular weight is 410 g/mol. The number of hydrogen-bond donors (Lipinski definition) is 1. The third-order valence-electron chi connectivity index (χ3n) is 4.19. The van der Waals surface area contributed by atoms with Crippen molar-refractivity contribution in [3.05, 3.63) is 70.5 Å². The Labute approximate surface area is 170 Å². The molecule has 8 heteroatoms. The molecule has 0 radical (unpaired) electrons. The molecule has 0 saturated heterocycles. The number of nitrogens with one attached hydrogen (secondary N) is 1. The maximum atomic E-state index is 12.3. The van der Waals surface area contributed by atoms with E-state index in [1.807, 2.05) is 44.2 Å². The van der Waals surface area contributed by atoms with Crippen molar-refractivity contribution in [1.82, 2.24) is 19.8 Å². The van der Waals surface area contributed by atoms with Crippen molar-refractivity contribution in [1.29, 1.82) is 0 Å². The van der Waals surface area contributed by atoms with Gasteiger partial charge in [0, 0.05) is 22.3 Å². The lowest BCUT2D eigenvalue weighted by atomic mass is 10.1. The predicted molar refractivity (Wildman–Crippen MR) is 113 cm³/mol. The summed E-state index contributed by atoms with van der Waals surface area (Å²) in [5.74, 6) is 0.537. The summed E-state index contributed by atoms with van der Waals surface area (Å²) in [5.41, 5.74) is 3.53. The molecular weight excluding hydrogens is 394 g/mol. The van der Waals surface area contributed by atoms with Crippen LogP contribution >= 0.6 is 22.9 Å². The van der Waals surface area contributed by atoms with Crippen LogP contribution in [0.4, 0.5) is 5.69 Å². The van der Waals surface area contributed by atoms with Gasteiger partial charge in [0.1, 0.15) is 5.01 Å². The molecule has 140 valence electrons. The number of aromatic nitrogens is 4. The van der Waals surface area contributed by atoms with Crippen molar-refractivity contribution in [2.24, 2.45) is 0 Å². The standard InChI is InChI=1S/C20H16ClN5OS/c1-12-3-7-15(19-25-26-13(2)23-24-20(26)28-19)11-17(12)22-18(27)10-6-14-4-8-16(21)9-5-14/h3-11H,1-2H3,(H,22,27)/b10-6+. The Morgan fingerprint density at radius 1 is 1.14 bits per heavy atom. The molecule has 0 bridgehead atoms. The number of rotatable bonds is 4. The first-order chi connectivity index (χ1) is 13.5. The number of hydrogen-bond acceptors (Lipinski definition) is 5. The van der Waals surface area contributed by atoms with E-state index in [0.29, 0.717) is 5.02 Å². The van der Waals surface area contributed by atoms with E-state index in [2.05, 4.69) is 20.6 Å². The summed E-state index contributed by atoms with van der Waals surface area (Å²) in [6, 6.07) is 13.1. The second kappa shape index (κ2) is 7.53. The number of fused-ring (bicyclic) bond motifs is 1. The van der Waals surface area contributed by atoms with Crippen LogP contribution in [-0.2, 0) is 4.79 Å². The van der Waals surface area contributed by atoms with Crippen molar-refractivity contribution >= 4 is 45.6 Å². The molecule has 2 aromatic heterocycles. The Kier molecular flexibility index (Phi) is 4.93. The lowest BCUT2D eigenvalue weighted by Gasteiger charge is -2.08. The Hall–Kier alpha value is -3.03. The summed E-state index contributed by atoms with van der Waals surface area (Å²) in [7, 11) is 0. The van der Waals surface area contributed by atoms with Crippen molar-refractivity contribution in [2.45, 2.75) is 13.8 Å². The van der Waals surface area contributed by atoms with Crippen LogP contribution in [0.2, 0.25) is 5.02 Å². The summed E-state index contributed by atoms with van der Waals surface area (Å²) in [4.78, 5) is 13.1. The van der Waals surface area contributed by atoms with Crippen molar-refractivity contribution in [3.8, 4) is 10.6 Å². The number of halogens is 1. The number of nitrogens with zero attached hydrogens (tertiary/aromatic N) is 4. The minimum atomic E-state index is -0.204. The molecule has 0 fully saturated rings. The number of carbonyl (C=O) groups is 1. The van der Waals surface area contributed by atoms with Gasteiger partial charge in [-0.2, -0.15) is 9.61 Å². The van der Waals surface area contributed by atoms with Gasteiger partial charge in [0.25, 0.3) is 0 Å². The largest absolute Gasteiger partial charge is 0.322 e. The zero-order valence-corrected chi connectivity index (χ0v) is 16.8. The third kappa shape index (κ3) is 3.81. The fourth-order valence-electron chi connectivity index (χ4n) is 2.64. The zero-order chi connectivity index (χ0) is 19.7. The molecule has 4 rings (SSSR count). The van der Waals surface area contributed by atoms with E-state index in [0.717, 1.165) is 38.2 Å². The first kappa shape index (κ1) is 18.3. The Balaban J connectivity index is 1.55. The predicted octanol–water partition coefficient (Wildman–Crippen LogP) is 4.77. The second-order valence-electron chi connectivity index (χ2n) is 6.25. The lowest BCUT2D eigenvalue weighted by Crippen LogP contribution is -2.09. The van der Waals surface area contributed by atoms with E-state index in [1.54, 1.807) is 22.7 Å². The highest BCUT2D eigenvalue weighted by Gasteiger charge is 2.12. The molecule has 0 saturated carbocycles. The number of anilines is 1. The van der Waals surface area contributed by atoms with Gasteiger partial charge in [0.05, 0.1) is 0 Å². The minimum absolute atomic E-state index is 0.204. The Morgan fingerprint density at radius 2 is 1.93 bits per heavy atom. The van der Waals surface area contributed by atoms with Gasteiger partial charge in [0.15, 0.2) is 5.82 Å². The SMILES string of the molecule is Cc1ccc(-c2nn3c(C)nnc3s2)cc1NC(=O)/C=C/c1ccc(Cl)cc1. The van der Waals surface area contributed by atoms with Crippen LogP contribution < -0.4 is 5.32 Å². The van der Waals surface area contributed by atoms with Crippen LogP contribution in [-0.4, -0.2) is 25.7 Å². The van der Waals surface area contributed by atoms with Gasteiger partial charge in [-0.1, -0.05) is 47.2 Å². The Morgan fingerprint density at radius 3 is 2.68 bits per heavy atom. The van der Waals surface area contributed by atoms with Gasteiger partial charge in [-0.05, 0) is 49.2 Å². The molecular formula is C20H16ClN5OS. The summed E-state index contributed by atoms with van der Waals surface area (Å²) in [6.45, 7) is 3.81. The highest BCUT2D eigenvalue weighted by Crippen LogP contribution is 2.29. The monoisotopic (exact) mass is 409 g/mol. The van der Waals surface area contributed by atoms with E-state index in [4.69, 9.17) is 11.6 Å². The number of amides is 1. The molecule has 6 nitrogen and oxygen atoms in total. The van der Waals surface area contributed by atoms with Crippen molar-refractivity contribution in [2.75, 3.05) is 5.32 Å². The van der Waals surface area contributed by atoms with Crippen LogP contribution in [0.5, 0.6) is 0 Å². The number of carbonyl (C=O) groups excluding carboxylic acids is 1. The zero-order valence-electron chi connectivity index (χ0n) is 15.2. The molecule has 0 unspecified atom stereocenters. The molecule has 1 N–H and O–H groups in total. The molecule has 4 aromatic rings. The van der Waals surface area contributed by atoms with Gasteiger partial charge >= 0.3 is 0 Å². The Bertz CT molecular complexity index is 1190. The highest BCUT2D eigenvalue weighted by molar-refractivity contribution is 7.19. The molecule has 2 aromatic carbocycles. The topological polar surface area (TPSA) is 72.2 Å². The second-order valence-corrected chi connectivity index (χ2v) is 7.65. The van der Waals surface area contributed by atoms with Crippen LogP contribution in [0, 0.1) is 13.8 Å². The quantitative estimate of drug-likeness (QED) is 0.492. The van der Waals surface area contributed by atoms with E-state index in [-0.39, 0.29) is 5.91 Å². The summed E-state index contributed by atoms with van der Waals surface area (Å²) in [6.07, 6.45) is 3.25. The molecule has 0 atom stereocenters. The third-order valence-corrected chi connectivity index (χ3v) is 5.39. The van der Waals surface area contributed by atoms with Gasteiger partial charge in [0.2, 0.25) is 10.9 Å². The summed E-state index contributed by atoms with van der Waals surface area (Å²) in [5, 5.41) is 17.1. The van der Waals surface area contributed by atoms with Gasteiger partial charge in [-0.15, -0.1) is 10.2 Å². The van der Waals surface area contributed by atoms with Gasteiger partial charge in [-0.3, -0.25) is 4.79 Å². The summed E-state index contributed by atoms with van der Waals surface area (Å²) < 4.78 is 1.72. The maximum Gasteiger partial charge on any atom is 0.248 e. The number of benzene rings is 2. The van der Waals surface area contributed by atoms with E-state index >= 15 is 0 Å². The normalized spacial score (nSPS) is 11.4. The van der Waals surface area contributed by atoms with E-state index in [9.17, 15) is 4.79 Å². The van der Waals surface area contributed by atoms with Gasteiger partial charge in [-0.25, -0.2) is 0 Å². The smallest absolute Gasteiger partial charge is 0.248 e. The summed E-state index contributed by atoms with van der Waals surface area (Å²) >= 11 is 7.33. The van der Waals surface area contributed by atoms with Crippen LogP contribution in [0.15, 0.2) is 48.5 Å². The van der Waals surface area contributed by atoms with Crippen molar-refractivity contribution < 1.29 is 4.79 Å². The van der Waals surface area contributed by atoms with E-state index in [1.165, 1.54) is 17.4 Å². The molecule has 0 spiro atoms. The van der Waals surface area contributed by atoms with Crippen LogP contribution in [0.1, 0.15) is 17.0 Å². The highest BCUT2D eigenvalue weighted by atomic mass is 35.5. The first-order valence-corrected chi connectivity index (χ1v) is 9.73. The molecule has 2 heterocycles. The average Bonchev–Trinajstić information content (AvgIpc) is 3.25. The van der Waals surface area contributed by atoms with E-state index < -0.39 is 0 Å². The number of aryl methyl sites for hydroxylation is 2. The van der Waals surface area contributed by atoms with Gasteiger partial charge < -0.3 is 5.32 Å².